The average molecular weight is 297 g/mol. The molecule has 0 bridgehead atoms. The van der Waals surface area contributed by atoms with Gasteiger partial charge in [0.1, 0.15) is 12.4 Å². The van der Waals surface area contributed by atoms with Crippen molar-refractivity contribution in [3.63, 3.8) is 0 Å². The lowest BCUT2D eigenvalue weighted by molar-refractivity contribution is -0.115. The minimum atomic E-state index is -0.0399. The Morgan fingerprint density at radius 3 is 2.82 bits per heavy atom. The molecule has 1 aliphatic heterocycles. The third kappa shape index (κ3) is 3.20. The standard InChI is InChI=1S/C17H19N3O2/c18-11-13-6-7-15-16(10-13)22-9-8-20(15)12-17(21)19-14-4-2-1-3-5-14/h1-7,10H,8-9,11-12,18H2,(H,19,21). The van der Waals surface area contributed by atoms with E-state index in [-0.39, 0.29) is 5.91 Å². The van der Waals surface area contributed by atoms with Crippen molar-refractivity contribution in [3.05, 3.63) is 54.1 Å². The van der Waals surface area contributed by atoms with Crippen molar-refractivity contribution in [2.45, 2.75) is 6.54 Å². The number of fused-ring (bicyclic) bond motifs is 1. The van der Waals surface area contributed by atoms with Gasteiger partial charge in [-0.25, -0.2) is 0 Å². The number of amides is 1. The van der Waals surface area contributed by atoms with E-state index in [9.17, 15) is 4.79 Å². The van der Waals surface area contributed by atoms with Crippen LogP contribution in [0.5, 0.6) is 5.75 Å². The Kier molecular flexibility index (Phi) is 4.25. The Hall–Kier alpha value is -2.53. The molecule has 1 heterocycles. The van der Waals surface area contributed by atoms with Crippen LogP contribution >= 0.6 is 0 Å². The van der Waals surface area contributed by atoms with Crippen molar-refractivity contribution >= 4 is 17.3 Å². The van der Waals surface area contributed by atoms with Gasteiger partial charge in [-0.2, -0.15) is 0 Å². The minimum absolute atomic E-state index is 0.0399. The third-order valence-corrected chi connectivity index (χ3v) is 3.61. The molecule has 2 aromatic rings. The first kappa shape index (κ1) is 14.4. The van der Waals surface area contributed by atoms with E-state index in [1.54, 1.807) is 0 Å². The maximum Gasteiger partial charge on any atom is 0.243 e. The fraction of sp³-hybridized carbons (Fsp3) is 0.235. The molecule has 0 radical (unpaired) electrons. The van der Waals surface area contributed by atoms with Crippen LogP contribution in [0.2, 0.25) is 0 Å². The molecular weight excluding hydrogens is 278 g/mol. The molecule has 0 aliphatic carbocycles. The second-order valence-corrected chi connectivity index (χ2v) is 5.19. The van der Waals surface area contributed by atoms with Gasteiger partial charge in [0.05, 0.1) is 18.8 Å². The van der Waals surface area contributed by atoms with Crippen LogP contribution in [0.3, 0.4) is 0 Å². The van der Waals surface area contributed by atoms with Gasteiger partial charge >= 0.3 is 0 Å². The molecule has 0 fully saturated rings. The Balaban J connectivity index is 1.70. The zero-order valence-corrected chi connectivity index (χ0v) is 12.3. The van der Waals surface area contributed by atoms with Gasteiger partial charge in [0, 0.05) is 12.2 Å². The van der Waals surface area contributed by atoms with Gasteiger partial charge in [-0.1, -0.05) is 24.3 Å². The van der Waals surface area contributed by atoms with Gasteiger partial charge in [-0.15, -0.1) is 0 Å². The highest BCUT2D eigenvalue weighted by Gasteiger charge is 2.20. The predicted molar refractivity (Wildman–Crippen MR) is 87.1 cm³/mol. The molecule has 1 amide bonds. The zero-order valence-electron chi connectivity index (χ0n) is 12.3. The number of carbonyl (C=O) groups excluding carboxylic acids is 1. The van der Waals surface area contributed by atoms with Crippen LogP contribution in [0.1, 0.15) is 5.56 Å². The molecule has 0 aromatic heterocycles. The Bertz CT molecular complexity index is 658. The summed E-state index contributed by atoms with van der Waals surface area (Å²) in [5.41, 5.74) is 8.42. The summed E-state index contributed by atoms with van der Waals surface area (Å²) in [6.45, 7) is 2.04. The van der Waals surface area contributed by atoms with E-state index >= 15 is 0 Å². The summed E-state index contributed by atoms with van der Waals surface area (Å²) in [4.78, 5) is 14.2. The van der Waals surface area contributed by atoms with Gasteiger partial charge in [0.15, 0.2) is 0 Å². The number of nitrogens with one attached hydrogen (secondary N) is 1. The van der Waals surface area contributed by atoms with Crippen LogP contribution < -0.4 is 20.7 Å². The zero-order chi connectivity index (χ0) is 15.4. The van der Waals surface area contributed by atoms with Gasteiger partial charge in [0.2, 0.25) is 5.91 Å². The monoisotopic (exact) mass is 297 g/mol. The van der Waals surface area contributed by atoms with Crippen molar-refractivity contribution in [1.29, 1.82) is 0 Å². The summed E-state index contributed by atoms with van der Waals surface area (Å²) in [7, 11) is 0. The summed E-state index contributed by atoms with van der Waals surface area (Å²) in [6, 6.07) is 15.3. The smallest absolute Gasteiger partial charge is 0.243 e. The predicted octanol–water partition coefficient (Wildman–Crippen LogP) is 1.98. The number of nitrogens with zero attached hydrogens (tertiary/aromatic N) is 1. The van der Waals surface area contributed by atoms with Gasteiger partial charge < -0.3 is 20.7 Å². The van der Waals surface area contributed by atoms with Crippen molar-refractivity contribution in [2.75, 3.05) is 29.9 Å². The van der Waals surface area contributed by atoms with Crippen molar-refractivity contribution in [2.24, 2.45) is 5.73 Å². The fourth-order valence-corrected chi connectivity index (χ4v) is 2.51. The molecule has 1 aliphatic rings. The molecule has 3 rings (SSSR count). The normalized spacial score (nSPS) is 13.2. The first-order valence-electron chi connectivity index (χ1n) is 7.32. The highest BCUT2D eigenvalue weighted by molar-refractivity contribution is 5.94. The van der Waals surface area contributed by atoms with E-state index in [0.717, 1.165) is 22.7 Å². The number of hydrogen-bond donors (Lipinski definition) is 2. The summed E-state index contributed by atoms with van der Waals surface area (Å²) < 4.78 is 5.67. The van der Waals surface area contributed by atoms with E-state index in [1.807, 2.05) is 53.4 Å². The molecule has 22 heavy (non-hydrogen) atoms. The Morgan fingerprint density at radius 2 is 2.05 bits per heavy atom. The van der Waals surface area contributed by atoms with E-state index < -0.39 is 0 Å². The highest BCUT2D eigenvalue weighted by Crippen LogP contribution is 2.32. The number of para-hydroxylation sites is 1. The van der Waals surface area contributed by atoms with Crippen LogP contribution in [0.25, 0.3) is 0 Å². The van der Waals surface area contributed by atoms with E-state index in [1.165, 1.54) is 0 Å². The quantitative estimate of drug-likeness (QED) is 0.905. The number of ether oxygens (including phenoxy) is 1. The average Bonchev–Trinajstić information content (AvgIpc) is 2.55. The lowest BCUT2D eigenvalue weighted by atomic mass is 10.1. The lowest BCUT2D eigenvalue weighted by Crippen LogP contribution is -2.38. The molecule has 0 unspecified atom stereocenters. The second kappa shape index (κ2) is 6.49. The number of benzene rings is 2. The topological polar surface area (TPSA) is 67.6 Å². The van der Waals surface area contributed by atoms with E-state index in [0.29, 0.717) is 26.2 Å². The molecule has 5 nitrogen and oxygen atoms in total. The number of carbonyl (C=O) groups is 1. The third-order valence-electron chi connectivity index (χ3n) is 3.61. The summed E-state index contributed by atoms with van der Waals surface area (Å²) in [6.07, 6.45) is 0. The van der Waals surface area contributed by atoms with Gasteiger partial charge in [0.25, 0.3) is 0 Å². The summed E-state index contributed by atoms with van der Waals surface area (Å²) in [5, 5.41) is 2.90. The molecular formula is C17H19N3O2. The van der Waals surface area contributed by atoms with Crippen molar-refractivity contribution in [1.82, 2.24) is 0 Å². The van der Waals surface area contributed by atoms with E-state index in [2.05, 4.69) is 5.32 Å². The second-order valence-electron chi connectivity index (χ2n) is 5.19. The van der Waals surface area contributed by atoms with Gasteiger partial charge in [-0.05, 0) is 29.8 Å². The number of hydrogen-bond acceptors (Lipinski definition) is 4. The lowest BCUT2D eigenvalue weighted by Gasteiger charge is -2.31. The maximum atomic E-state index is 12.2. The largest absolute Gasteiger partial charge is 0.490 e. The molecule has 3 N–H and O–H groups in total. The SMILES string of the molecule is NCc1ccc2c(c1)OCCN2CC(=O)Nc1ccccc1. The molecule has 114 valence electrons. The van der Waals surface area contributed by atoms with Crippen LogP contribution in [0.4, 0.5) is 11.4 Å². The molecule has 5 heteroatoms. The summed E-state index contributed by atoms with van der Waals surface area (Å²) >= 11 is 0. The van der Waals surface area contributed by atoms with Gasteiger partial charge in [-0.3, -0.25) is 4.79 Å². The maximum absolute atomic E-state index is 12.2. The van der Waals surface area contributed by atoms with Crippen LogP contribution in [-0.2, 0) is 11.3 Å². The Morgan fingerprint density at radius 1 is 1.23 bits per heavy atom. The fourth-order valence-electron chi connectivity index (χ4n) is 2.51. The first-order valence-corrected chi connectivity index (χ1v) is 7.32. The van der Waals surface area contributed by atoms with Crippen LogP contribution in [0.15, 0.2) is 48.5 Å². The number of anilines is 2. The van der Waals surface area contributed by atoms with Crippen LogP contribution in [-0.4, -0.2) is 25.6 Å². The first-order chi connectivity index (χ1) is 10.8. The molecule has 0 saturated carbocycles. The molecule has 0 atom stereocenters. The molecule has 0 saturated heterocycles. The van der Waals surface area contributed by atoms with Crippen molar-refractivity contribution in [3.8, 4) is 5.75 Å². The summed E-state index contributed by atoms with van der Waals surface area (Å²) in [5.74, 6) is 0.753. The van der Waals surface area contributed by atoms with E-state index in [4.69, 9.17) is 10.5 Å². The number of nitrogens with two attached hydrogens (primary N) is 1. The molecule has 2 aromatic carbocycles. The molecule has 0 spiro atoms. The van der Waals surface area contributed by atoms with Crippen molar-refractivity contribution < 1.29 is 9.53 Å². The highest BCUT2D eigenvalue weighted by atomic mass is 16.5. The van der Waals surface area contributed by atoms with Crippen LogP contribution in [0, 0.1) is 0 Å². The minimum Gasteiger partial charge on any atom is -0.490 e. The number of rotatable bonds is 4. The Labute approximate surface area is 129 Å².